The van der Waals surface area contributed by atoms with E-state index in [1.165, 1.54) is 7.11 Å². The minimum absolute atomic E-state index is 0.0286. The number of fused-ring (bicyclic) bond motifs is 1. The quantitative estimate of drug-likeness (QED) is 0.734. The summed E-state index contributed by atoms with van der Waals surface area (Å²) in [6.45, 7) is 5.99. The molecule has 2 aromatic carbocycles. The fourth-order valence-corrected chi connectivity index (χ4v) is 4.31. The van der Waals surface area contributed by atoms with Crippen LogP contribution in [0.15, 0.2) is 41.3 Å². The number of nitrogens with one attached hydrogen (secondary N) is 1. The Morgan fingerprint density at radius 2 is 1.97 bits per heavy atom. The Labute approximate surface area is 172 Å². The second-order valence-corrected chi connectivity index (χ2v) is 9.14. The van der Waals surface area contributed by atoms with Crippen LogP contribution in [-0.2, 0) is 16.4 Å². The van der Waals surface area contributed by atoms with E-state index in [9.17, 15) is 8.42 Å². The zero-order chi connectivity index (χ0) is 21.1. The van der Waals surface area contributed by atoms with Crippen molar-refractivity contribution in [2.45, 2.75) is 37.7 Å². The Morgan fingerprint density at radius 3 is 2.72 bits per heavy atom. The first-order valence-electron chi connectivity index (χ1n) is 9.25. The number of rotatable bonds is 6. The van der Waals surface area contributed by atoms with E-state index in [1.54, 1.807) is 18.2 Å². The van der Waals surface area contributed by atoms with E-state index in [-0.39, 0.29) is 23.6 Å². The van der Waals surface area contributed by atoms with Gasteiger partial charge in [-0.15, -0.1) is 0 Å². The first-order chi connectivity index (χ1) is 13.7. The fraction of sp³-hybridized carbons (Fsp3) is 0.364. The largest absolute Gasteiger partial charge is 0.495 e. The van der Waals surface area contributed by atoms with Crippen molar-refractivity contribution in [1.29, 1.82) is 0 Å². The van der Waals surface area contributed by atoms with E-state index in [0.29, 0.717) is 11.5 Å². The van der Waals surface area contributed by atoms with E-state index < -0.39 is 10.0 Å². The van der Waals surface area contributed by atoms with Gasteiger partial charge in [-0.25, -0.2) is 8.42 Å². The lowest BCUT2D eigenvalue weighted by Crippen LogP contribution is -2.24. The molecule has 0 spiro atoms. The maximum Gasteiger partial charge on any atom is 0.245 e. The SMILES string of the molecule is COc1ccc(C)cc1S(=O)(=O)NCC#CCOc1cccc2c1OC(C)(C)C2. The van der Waals surface area contributed by atoms with Crippen molar-refractivity contribution in [1.82, 2.24) is 4.72 Å². The molecule has 0 saturated heterocycles. The molecule has 1 aliphatic rings. The molecule has 0 atom stereocenters. The third-order valence-electron chi connectivity index (χ3n) is 4.44. The van der Waals surface area contributed by atoms with Crippen LogP contribution in [0.4, 0.5) is 0 Å². The third-order valence-corrected chi connectivity index (χ3v) is 5.86. The molecule has 1 N–H and O–H groups in total. The molecule has 2 aromatic rings. The number of para-hydroxylation sites is 1. The van der Waals surface area contributed by atoms with Gasteiger partial charge in [-0.1, -0.05) is 30.0 Å². The summed E-state index contributed by atoms with van der Waals surface area (Å²) >= 11 is 0. The topological polar surface area (TPSA) is 73.9 Å². The highest BCUT2D eigenvalue weighted by atomic mass is 32.2. The molecule has 7 heteroatoms. The first kappa shape index (κ1) is 21.0. The van der Waals surface area contributed by atoms with Crippen LogP contribution in [0.3, 0.4) is 0 Å². The van der Waals surface area contributed by atoms with E-state index in [1.807, 2.05) is 39.0 Å². The Bertz CT molecular complexity index is 1060. The van der Waals surface area contributed by atoms with Crippen molar-refractivity contribution >= 4 is 10.0 Å². The highest BCUT2D eigenvalue weighted by molar-refractivity contribution is 7.89. The normalized spacial score (nSPS) is 14.3. The molecular weight excluding hydrogens is 390 g/mol. The zero-order valence-corrected chi connectivity index (χ0v) is 17.9. The van der Waals surface area contributed by atoms with Gasteiger partial charge in [0.25, 0.3) is 0 Å². The first-order valence-corrected chi connectivity index (χ1v) is 10.7. The number of hydrogen-bond donors (Lipinski definition) is 1. The summed E-state index contributed by atoms with van der Waals surface area (Å²) in [5, 5.41) is 0. The van der Waals surface area contributed by atoms with Crippen molar-refractivity contribution in [3.8, 4) is 29.1 Å². The van der Waals surface area contributed by atoms with Crippen LogP contribution in [0.1, 0.15) is 25.0 Å². The van der Waals surface area contributed by atoms with Gasteiger partial charge < -0.3 is 14.2 Å². The highest BCUT2D eigenvalue weighted by Gasteiger charge is 2.32. The van der Waals surface area contributed by atoms with Gasteiger partial charge in [0, 0.05) is 12.0 Å². The molecule has 0 radical (unpaired) electrons. The molecular formula is C22H25NO5S. The predicted molar refractivity (Wildman–Crippen MR) is 111 cm³/mol. The van der Waals surface area contributed by atoms with Crippen LogP contribution in [0, 0.1) is 18.8 Å². The number of ether oxygens (including phenoxy) is 3. The molecule has 0 aromatic heterocycles. The molecule has 0 unspecified atom stereocenters. The van der Waals surface area contributed by atoms with Gasteiger partial charge >= 0.3 is 0 Å². The van der Waals surface area contributed by atoms with E-state index in [2.05, 4.69) is 16.6 Å². The van der Waals surface area contributed by atoms with E-state index in [4.69, 9.17) is 14.2 Å². The van der Waals surface area contributed by atoms with E-state index in [0.717, 1.165) is 23.3 Å². The summed E-state index contributed by atoms with van der Waals surface area (Å²) in [5.74, 6) is 7.29. The average Bonchev–Trinajstić information content (AvgIpc) is 2.99. The fourth-order valence-electron chi connectivity index (χ4n) is 3.13. The summed E-state index contributed by atoms with van der Waals surface area (Å²) in [6, 6.07) is 10.8. The Kier molecular flexibility index (Phi) is 6.06. The van der Waals surface area contributed by atoms with Crippen molar-refractivity contribution in [3.05, 3.63) is 47.5 Å². The molecule has 6 nitrogen and oxygen atoms in total. The summed E-state index contributed by atoms with van der Waals surface area (Å²) < 4.78 is 44.3. The Hall–Kier alpha value is -2.69. The third kappa shape index (κ3) is 5.03. The average molecular weight is 416 g/mol. The molecule has 0 fully saturated rings. The molecule has 0 saturated carbocycles. The van der Waals surface area contributed by atoms with Gasteiger partial charge in [-0.2, -0.15) is 4.72 Å². The van der Waals surface area contributed by atoms with Gasteiger partial charge in [0.05, 0.1) is 13.7 Å². The molecule has 29 heavy (non-hydrogen) atoms. The van der Waals surface area contributed by atoms with Crippen LogP contribution in [0.2, 0.25) is 0 Å². The lowest BCUT2D eigenvalue weighted by Gasteiger charge is -2.17. The molecule has 0 bridgehead atoms. The van der Waals surface area contributed by atoms with Gasteiger partial charge in [-0.3, -0.25) is 0 Å². The van der Waals surface area contributed by atoms with Gasteiger partial charge in [0.1, 0.15) is 22.9 Å². The number of sulfonamides is 1. The predicted octanol–water partition coefficient (Wildman–Crippen LogP) is 3.08. The molecule has 0 amide bonds. The standard InChI is InChI=1S/C22H25NO5S/c1-16-10-11-18(26-4)20(14-16)29(24,25)23-12-5-6-13-27-19-9-7-8-17-15-22(2,3)28-21(17)19/h7-11,14,23H,12-13,15H2,1-4H3. The lowest BCUT2D eigenvalue weighted by molar-refractivity contribution is 0.133. The van der Waals surface area contributed by atoms with Gasteiger partial charge in [-0.05, 0) is 44.5 Å². The van der Waals surface area contributed by atoms with E-state index >= 15 is 0 Å². The molecule has 3 rings (SSSR count). The molecule has 154 valence electrons. The smallest absolute Gasteiger partial charge is 0.245 e. The van der Waals surface area contributed by atoms with Gasteiger partial charge in [0.15, 0.2) is 11.5 Å². The van der Waals surface area contributed by atoms with Crippen molar-refractivity contribution in [3.63, 3.8) is 0 Å². The van der Waals surface area contributed by atoms with Crippen LogP contribution in [0.5, 0.6) is 17.2 Å². The summed E-state index contributed by atoms with van der Waals surface area (Å²) in [7, 11) is -2.29. The summed E-state index contributed by atoms with van der Waals surface area (Å²) in [5.41, 5.74) is 1.69. The molecule has 1 heterocycles. The minimum atomic E-state index is -3.72. The zero-order valence-electron chi connectivity index (χ0n) is 17.0. The maximum absolute atomic E-state index is 12.5. The maximum atomic E-state index is 12.5. The van der Waals surface area contributed by atoms with Crippen molar-refractivity contribution < 1.29 is 22.6 Å². The van der Waals surface area contributed by atoms with Crippen LogP contribution in [0.25, 0.3) is 0 Å². The Morgan fingerprint density at radius 1 is 1.17 bits per heavy atom. The summed E-state index contributed by atoms with van der Waals surface area (Å²) in [6.07, 6.45) is 0.829. The molecule has 1 aliphatic heterocycles. The van der Waals surface area contributed by atoms with Crippen molar-refractivity contribution in [2.24, 2.45) is 0 Å². The highest BCUT2D eigenvalue weighted by Crippen LogP contribution is 2.41. The number of methoxy groups -OCH3 is 1. The monoisotopic (exact) mass is 415 g/mol. The number of benzene rings is 2. The van der Waals surface area contributed by atoms with Crippen LogP contribution in [-0.4, -0.2) is 34.3 Å². The van der Waals surface area contributed by atoms with Crippen LogP contribution < -0.4 is 18.9 Å². The van der Waals surface area contributed by atoms with Gasteiger partial charge in [0.2, 0.25) is 10.0 Å². The number of aryl methyl sites for hydroxylation is 1. The van der Waals surface area contributed by atoms with Crippen LogP contribution >= 0.6 is 0 Å². The number of hydrogen-bond acceptors (Lipinski definition) is 5. The summed E-state index contributed by atoms with van der Waals surface area (Å²) in [4.78, 5) is 0.0951. The second-order valence-electron chi connectivity index (χ2n) is 7.40. The molecule has 0 aliphatic carbocycles. The second kappa shape index (κ2) is 8.36. The van der Waals surface area contributed by atoms with Crippen molar-refractivity contribution in [2.75, 3.05) is 20.3 Å². The lowest BCUT2D eigenvalue weighted by atomic mass is 10.0. The Balaban J connectivity index is 1.58. The minimum Gasteiger partial charge on any atom is -0.495 e.